The zero-order valence-electron chi connectivity index (χ0n) is 15.1. The molecular weight excluding hydrogens is 354 g/mol. The number of alkyl halides is 2. The molecule has 4 heterocycles. The van der Waals surface area contributed by atoms with Crippen LogP contribution >= 0.6 is 0 Å². The van der Waals surface area contributed by atoms with Crippen molar-refractivity contribution in [1.29, 1.82) is 0 Å². The van der Waals surface area contributed by atoms with E-state index in [-0.39, 0.29) is 17.9 Å². The molecule has 142 valence electrons. The summed E-state index contributed by atoms with van der Waals surface area (Å²) in [6.45, 7) is 5.61. The number of imidazole rings is 1. The molecule has 1 fully saturated rings. The van der Waals surface area contributed by atoms with Crippen molar-refractivity contribution < 1.29 is 13.5 Å². The van der Waals surface area contributed by atoms with E-state index in [0.717, 1.165) is 25.3 Å². The van der Waals surface area contributed by atoms with Crippen molar-refractivity contribution in [2.45, 2.75) is 38.9 Å². The lowest BCUT2D eigenvalue weighted by Crippen LogP contribution is -2.46. The van der Waals surface area contributed by atoms with Gasteiger partial charge in [-0.3, -0.25) is 0 Å². The molecule has 0 radical (unpaired) electrons. The standard InChI is InChI=1S/C18H20F2N6O/c1-3-12-9-25(8-11(2)27-12)17-6-14(22-10-23-17)15-7-21-16-5-4-13(18(19)20)24-26(15)16/h4-7,10-12,18H,3,8-9H2,1-2H3. The van der Waals surface area contributed by atoms with E-state index in [1.54, 1.807) is 6.20 Å². The molecule has 2 atom stereocenters. The van der Waals surface area contributed by atoms with Gasteiger partial charge in [-0.05, 0) is 25.5 Å². The molecule has 4 rings (SSSR count). The molecule has 9 heteroatoms. The molecule has 0 amide bonds. The van der Waals surface area contributed by atoms with Crippen LogP contribution in [0, 0.1) is 0 Å². The van der Waals surface area contributed by atoms with Crippen molar-refractivity contribution >= 4 is 11.5 Å². The third-order valence-electron chi connectivity index (χ3n) is 4.63. The minimum atomic E-state index is -2.65. The predicted molar refractivity (Wildman–Crippen MR) is 95.8 cm³/mol. The van der Waals surface area contributed by atoms with Gasteiger partial charge in [0.25, 0.3) is 6.43 Å². The number of fused-ring (bicyclic) bond motifs is 1. The summed E-state index contributed by atoms with van der Waals surface area (Å²) < 4.78 is 33.3. The molecule has 1 aliphatic heterocycles. The van der Waals surface area contributed by atoms with Crippen LogP contribution < -0.4 is 4.90 Å². The van der Waals surface area contributed by atoms with Crippen LogP contribution in [0.15, 0.2) is 30.7 Å². The Hall–Kier alpha value is -2.68. The molecule has 0 spiro atoms. The highest BCUT2D eigenvalue weighted by atomic mass is 19.3. The van der Waals surface area contributed by atoms with E-state index < -0.39 is 6.43 Å². The van der Waals surface area contributed by atoms with Gasteiger partial charge in [0.15, 0.2) is 5.65 Å². The zero-order valence-corrected chi connectivity index (χ0v) is 15.1. The average molecular weight is 374 g/mol. The van der Waals surface area contributed by atoms with E-state index in [2.05, 4.69) is 31.9 Å². The number of halogens is 2. The van der Waals surface area contributed by atoms with Gasteiger partial charge in [0.05, 0.1) is 24.1 Å². The quantitative estimate of drug-likeness (QED) is 0.699. The second-order valence-corrected chi connectivity index (χ2v) is 6.62. The van der Waals surface area contributed by atoms with Crippen molar-refractivity contribution in [3.8, 4) is 11.4 Å². The second kappa shape index (κ2) is 7.15. The van der Waals surface area contributed by atoms with Crippen molar-refractivity contribution in [3.05, 3.63) is 36.4 Å². The fourth-order valence-corrected chi connectivity index (χ4v) is 3.30. The summed E-state index contributed by atoms with van der Waals surface area (Å²) in [6.07, 6.45) is 1.59. The molecule has 3 aromatic heterocycles. The SMILES string of the molecule is CCC1CN(c2cc(-c3cnc4ccc(C(F)F)nn34)ncn2)CC(C)O1. The summed E-state index contributed by atoms with van der Waals surface area (Å²) in [6, 6.07) is 4.64. The van der Waals surface area contributed by atoms with Gasteiger partial charge < -0.3 is 9.64 Å². The van der Waals surface area contributed by atoms with Crippen LogP contribution in [0.3, 0.4) is 0 Å². The van der Waals surface area contributed by atoms with E-state index in [1.807, 2.05) is 13.0 Å². The topological polar surface area (TPSA) is 68.4 Å². The summed E-state index contributed by atoms with van der Waals surface area (Å²) in [5, 5.41) is 4.00. The molecule has 2 unspecified atom stereocenters. The van der Waals surface area contributed by atoms with Crippen LogP contribution in [-0.4, -0.2) is 49.9 Å². The maximum absolute atomic E-state index is 13.0. The first-order valence-corrected chi connectivity index (χ1v) is 8.90. The Morgan fingerprint density at radius 1 is 1.22 bits per heavy atom. The lowest BCUT2D eigenvalue weighted by Gasteiger charge is -2.37. The minimum absolute atomic E-state index is 0.105. The number of hydrogen-bond acceptors (Lipinski definition) is 6. The van der Waals surface area contributed by atoms with Gasteiger partial charge in [-0.15, -0.1) is 0 Å². The van der Waals surface area contributed by atoms with E-state index in [0.29, 0.717) is 17.0 Å². The number of morpholine rings is 1. The number of aromatic nitrogens is 5. The molecule has 0 N–H and O–H groups in total. The zero-order chi connectivity index (χ0) is 19.0. The van der Waals surface area contributed by atoms with Gasteiger partial charge in [0.2, 0.25) is 0 Å². The Kier molecular flexibility index (Phi) is 4.69. The van der Waals surface area contributed by atoms with Crippen molar-refractivity contribution in [1.82, 2.24) is 24.6 Å². The smallest absolute Gasteiger partial charge is 0.282 e. The molecule has 7 nitrogen and oxygen atoms in total. The fourth-order valence-electron chi connectivity index (χ4n) is 3.30. The summed E-state index contributed by atoms with van der Waals surface area (Å²) in [7, 11) is 0. The number of hydrogen-bond donors (Lipinski definition) is 0. The molecule has 0 saturated carbocycles. The maximum Gasteiger partial charge on any atom is 0.282 e. The first kappa shape index (κ1) is 17.7. The van der Waals surface area contributed by atoms with Gasteiger partial charge in [-0.1, -0.05) is 6.92 Å². The average Bonchev–Trinajstić information content (AvgIpc) is 3.10. The molecule has 3 aromatic rings. The number of anilines is 1. The Balaban J connectivity index is 1.70. The van der Waals surface area contributed by atoms with E-state index >= 15 is 0 Å². The van der Waals surface area contributed by atoms with Gasteiger partial charge in [-0.25, -0.2) is 28.2 Å². The minimum Gasteiger partial charge on any atom is -0.372 e. The van der Waals surface area contributed by atoms with Crippen LogP contribution in [-0.2, 0) is 4.74 Å². The highest BCUT2D eigenvalue weighted by Crippen LogP contribution is 2.25. The first-order chi connectivity index (χ1) is 13.0. The third kappa shape index (κ3) is 3.46. The van der Waals surface area contributed by atoms with Gasteiger partial charge in [-0.2, -0.15) is 5.10 Å². The Morgan fingerprint density at radius 3 is 2.85 bits per heavy atom. The summed E-state index contributed by atoms with van der Waals surface area (Å²) in [4.78, 5) is 15.1. The summed E-state index contributed by atoms with van der Waals surface area (Å²) >= 11 is 0. The Bertz CT molecular complexity index is 947. The fraction of sp³-hybridized carbons (Fsp3) is 0.444. The highest BCUT2D eigenvalue weighted by molar-refractivity contribution is 5.62. The Labute approximate surface area is 155 Å². The molecule has 1 saturated heterocycles. The van der Waals surface area contributed by atoms with Crippen LogP contribution in [0.4, 0.5) is 14.6 Å². The van der Waals surface area contributed by atoms with Gasteiger partial charge in [0.1, 0.15) is 23.5 Å². The second-order valence-electron chi connectivity index (χ2n) is 6.62. The van der Waals surface area contributed by atoms with Crippen molar-refractivity contribution in [2.75, 3.05) is 18.0 Å². The molecule has 0 bridgehead atoms. The molecule has 27 heavy (non-hydrogen) atoms. The maximum atomic E-state index is 13.0. The van der Waals surface area contributed by atoms with E-state index in [1.165, 1.54) is 23.0 Å². The van der Waals surface area contributed by atoms with Crippen LogP contribution in [0.5, 0.6) is 0 Å². The first-order valence-electron chi connectivity index (χ1n) is 8.90. The van der Waals surface area contributed by atoms with Crippen LogP contribution in [0.25, 0.3) is 17.0 Å². The van der Waals surface area contributed by atoms with Crippen molar-refractivity contribution in [3.63, 3.8) is 0 Å². The van der Waals surface area contributed by atoms with Crippen LogP contribution in [0.1, 0.15) is 32.4 Å². The van der Waals surface area contributed by atoms with Gasteiger partial charge >= 0.3 is 0 Å². The largest absolute Gasteiger partial charge is 0.372 e. The van der Waals surface area contributed by atoms with E-state index in [9.17, 15) is 8.78 Å². The number of nitrogens with zero attached hydrogens (tertiary/aromatic N) is 6. The summed E-state index contributed by atoms with van der Waals surface area (Å²) in [5.41, 5.74) is 1.31. The van der Waals surface area contributed by atoms with Gasteiger partial charge in [0, 0.05) is 19.2 Å². The van der Waals surface area contributed by atoms with Crippen LogP contribution in [0.2, 0.25) is 0 Å². The Morgan fingerprint density at radius 2 is 2.07 bits per heavy atom. The summed E-state index contributed by atoms with van der Waals surface area (Å²) in [5.74, 6) is 0.772. The highest BCUT2D eigenvalue weighted by Gasteiger charge is 2.25. The molecule has 0 aromatic carbocycles. The number of rotatable bonds is 4. The predicted octanol–water partition coefficient (Wildman–Crippen LogP) is 3.13. The van der Waals surface area contributed by atoms with Crippen molar-refractivity contribution in [2.24, 2.45) is 0 Å². The number of ether oxygens (including phenoxy) is 1. The lowest BCUT2D eigenvalue weighted by atomic mass is 10.2. The molecular formula is C18H20F2N6O. The third-order valence-corrected chi connectivity index (χ3v) is 4.63. The monoisotopic (exact) mass is 374 g/mol. The van der Waals surface area contributed by atoms with E-state index in [4.69, 9.17) is 4.74 Å². The molecule has 1 aliphatic rings. The molecule has 0 aliphatic carbocycles. The lowest BCUT2D eigenvalue weighted by molar-refractivity contribution is -0.0174. The normalized spacial score (nSPS) is 20.6.